The van der Waals surface area contributed by atoms with Crippen LogP contribution in [0.1, 0.15) is 11.3 Å². The van der Waals surface area contributed by atoms with Crippen LogP contribution in [0.5, 0.6) is 0 Å². The molecule has 5 nitrogen and oxygen atoms in total. The first kappa shape index (κ1) is 10.1. The van der Waals surface area contributed by atoms with Gasteiger partial charge in [0.1, 0.15) is 17.6 Å². The summed E-state index contributed by atoms with van der Waals surface area (Å²) in [5.74, 6) is -0.0242. The average molecular weight is 207 g/mol. The van der Waals surface area contributed by atoms with Gasteiger partial charge in [0, 0.05) is 6.20 Å². The monoisotopic (exact) mass is 207 g/mol. The molecule has 1 fully saturated rings. The van der Waals surface area contributed by atoms with E-state index in [2.05, 4.69) is 4.98 Å². The van der Waals surface area contributed by atoms with Gasteiger partial charge in [0.15, 0.2) is 0 Å². The van der Waals surface area contributed by atoms with Crippen LogP contribution in [0.25, 0.3) is 0 Å². The molecule has 1 saturated heterocycles. The number of hydrogen-bond acceptors (Lipinski definition) is 4. The molecule has 0 spiro atoms. The van der Waals surface area contributed by atoms with Crippen molar-refractivity contribution in [2.75, 3.05) is 13.2 Å². The lowest BCUT2D eigenvalue weighted by Gasteiger charge is -2.25. The maximum atomic E-state index is 7.25. The molecule has 1 aliphatic rings. The number of pyridine rings is 1. The zero-order valence-corrected chi connectivity index (χ0v) is 8.27. The molecule has 0 unspecified atom stereocenters. The van der Waals surface area contributed by atoms with Gasteiger partial charge in [-0.1, -0.05) is 0 Å². The predicted molar refractivity (Wildman–Crippen MR) is 54.6 cm³/mol. The molecule has 15 heavy (non-hydrogen) atoms. The summed E-state index contributed by atoms with van der Waals surface area (Å²) >= 11 is 0. The number of nitrogens with zero attached hydrogens (tertiary/aromatic N) is 1. The molecule has 0 atom stereocenters. The van der Waals surface area contributed by atoms with Gasteiger partial charge in [-0.25, -0.2) is 0 Å². The second kappa shape index (κ2) is 4.37. The Bertz CT molecular complexity index is 363. The van der Waals surface area contributed by atoms with E-state index in [1.807, 2.05) is 6.07 Å². The molecule has 0 bridgehead atoms. The van der Waals surface area contributed by atoms with Gasteiger partial charge in [0.25, 0.3) is 0 Å². The van der Waals surface area contributed by atoms with Gasteiger partial charge in [-0.15, -0.1) is 0 Å². The molecule has 1 aromatic heterocycles. The van der Waals surface area contributed by atoms with Gasteiger partial charge in [-0.05, 0) is 17.7 Å². The van der Waals surface area contributed by atoms with E-state index in [0.717, 1.165) is 5.56 Å². The molecule has 1 aliphatic heterocycles. The molecule has 0 aromatic carbocycles. The van der Waals surface area contributed by atoms with Gasteiger partial charge < -0.3 is 15.2 Å². The Labute approximate surface area is 87.7 Å². The van der Waals surface area contributed by atoms with Crippen molar-refractivity contribution in [1.82, 2.24) is 4.98 Å². The van der Waals surface area contributed by atoms with Crippen LogP contribution in [0.3, 0.4) is 0 Å². The number of amidine groups is 1. The average Bonchev–Trinajstić information content (AvgIpc) is 2.16. The third-order valence-corrected chi connectivity index (χ3v) is 2.19. The number of nitrogen functional groups attached to an aromatic ring is 1. The van der Waals surface area contributed by atoms with E-state index in [1.54, 1.807) is 12.3 Å². The maximum Gasteiger partial charge on any atom is 0.141 e. The topological polar surface area (TPSA) is 81.2 Å². The van der Waals surface area contributed by atoms with Crippen molar-refractivity contribution in [3.8, 4) is 0 Å². The van der Waals surface area contributed by atoms with E-state index in [1.165, 1.54) is 0 Å². The molecule has 3 N–H and O–H groups in total. The second-order valence-electron chi connectivity index (χ2n) is 3.43. The van der Waals surface area contributed by atoms with Crippen LogP contribution in [0.2, 0.25) is 0 Å². The van der Waals surface area contributed by atoms with Crippen molar-refractivity contribution >= 4 is 5.84 Å². The van der Waals surface area contributed by atoms with Gasteiger partial charge in [-0.2, -0.15) is 0 Å². The van der Waals surface area contributed by atoms with E-state index in [0.29, 0.717) is 25.5 Å². The Kier molecular flexibility index (Phi) is 2.94. The largest absolute Gasteiger partial charge is 0.382 e. The van der Waals surface area contributed by atoms with Crippen LogP contribution in [-0.4, -0.2) is 30.1 Å². The summed E-state index contributed by atoms with van der Waals surface area (Å²) in [7, 11) is 0. The van der Waals surface area contributed by atoms with Gasteiger partial charge in [0.2, 0.25) is 0 Å². The third-order valence-electron chi connectivity index (χ3n) is 2.19. The summed E-state index contributed by atoms with van der Waals surface area (Å²) < 4.78 is 10.5. The Balaban J connectivity index is 1.94. The zero-order chi connectivity index (χ0) is 10.7. The fourth-order valence-electron chi connectivity index (χ4n) is 1.24. The number of ether oxygens (including phenoxy) is 2. The lowest BCUT2D eigenvalue weighted by Crippen LogP contribution is -2.35. The second-order valence-corrected chi connectivity index (χ2v) is 3.43. The number of rotatable bonds is 4. The standard InChI is InChI=1S/C10H13N3O2/c11-10(12)9-3-7(1-2-13-9)4-15-8-5-14-6-8/h1-3,8H,4-6H2,(H3,11,12). The maximum absolute atomic E-state index is 7.25. The molecule has 1 aromatic rings. The molecule has 2 heterocycles. The Morgan fingerprint density at radius 3 is 3.07 bits per heavy atom. The van der Waals surface area contributed by atoms with E-state index >= 15 is 0 Å². The third kappa shape index (κ3) is 2.51. The van der Waals surface area contributed by atoms with Crippen LogP contribution in [0.4, 0.5) is 0 Å². The summed E-state index contributed by atoms with van der Waals surface area (Å²) in [5, 5.41) is 7.25. The minimum Gasteiger partial charge on any atom is -0.382 e. The SMILES string of the molecule is N=C(N)c1cc(COC2COC2)ccn1. The molecular formula is C10H13N3O2. The summed E-state index contributed by atoms with van der Waals surface area (Å²) in [6, 6.07) is 3.62. The highest BCUT2D eigenvalue weighted by atomic mass is 16.6. The van der Waals surface area contributed by atoms with Gasteiger partial charge >= 0.3 is 0 Å². The fourth-order valence-corrected chi connectivity index (χ4v) is 1.24. The van der Waals surface area contributed by atoms with Crippen LogP contribution in [-0.2, 0) is 16.1 Å². The van der Waals surface area contributed by atoms with Crippen LogP contribution < -0.4 is 5.73 Å². The van der Waals surface area contributed by atoms with Crippen LogP contribution in [0.15, 0.2) is 18.3 Å². The van der Waals surface area contributed by atoms with Crippen molar-refractivity contribution in [2.45, 2.75) is 12.7 Å². The van der Waals surface area contributed by atoms with Crippen LogP contribution >= 0.6 is 0 Å². The molecule has 80 valence electrons. The summed E-state index contributed by atoms with van der Waals surface area (Å²) in [5.41, 5.74) is 6.80. The fraction of sp³-hybridized carbons (Fsp3) is 0.400. The first-order valence-electron chi connectivity index (χ1n) is 4.74. The molecule has 2 rings (SSSR count). The highest BCUT2D eigenvalue weighted by Gasteiger charge is 2.18. The number of nitrogens with one attached hydrogen (secondary N) is 1. The van der Waals surface area contributed by atoms with Crippen LogP contribution in [0, 0.1) is 5.41 Å². The van der Waals surface area contributed by atoms with E-state index < -0.39 is 0 Å². The highest BCUT2D eigenvalue weighted by molar-refractivity contribution is 5.93. The summed E-state index contributed by atoms with van der Waals surface area (Å²) in [6.45, 7) is 1.85. The highest BCUT2D eigenvalue weighted by Crippen LogP contribution is 2.10. The van der Waals surface area contributed by atoms with Gasteiger partial charge in [-0.3, -0.25) is 10.4 Å². The normalized spacial score (nSPS) is 16.0. The number of hydrogen-bond donors (Lipinski definition) is 2. The summed E-state index contributed by atoms with van der Waals surface area (Å²) in [6.07, 6.45) is 1.84. The molecule has 0 amide bonds. The Morgan fingerprint density at radius 1 is 1.67 bits per heavy atom. The first-order valence-corrected chi connectivity index (χ1v) is 4.74. The van der Waals surface area contributed by atoms with E-state index in [9.17, 15) is 0 Å². The molecule has 0 aliphatic carbocycles. The van der Waals surface area contributed by atoms with E-state index in [4.69, 9.17) is 20.6 Å². The van der Waals surface area contributed by atoms with Crippen molar-refractivity contribution in [3.63, 3.8) is 0 Å². The quantitative estimate of drug-likeness (QED) is 0.549. The lowest BCUT2D eigenvalue weighted by atomic mass is 10.2. The Hall–Kier alpha value is -1.46. The van der Waals surface area contributed by atoms with Crippen molar-refractivity contribution in [3.05, 3.63) is 29.6 Å². The smallest absolute Gasteiger partial charge is 0.141 e. The number of nitrogens with two attached hydrogens (primary N) is 1. The minimum absolute atomic E-state index is 0.0242. The van der Waals surface area contributed by atoms with Crippen molar-refractivity contribution in [1.29, 1.82) is 5.41 Å². The lowest BCUT2D eigenvalue weighted by molar-refractivity contribution is -0.135. The first-order chi connectivity index (χ1) is 7.25. The molecule has 0 radical (unpaired) electrons. The van der Waals surface area contributed by atoms with E-state index in [-0.39, 0.29) is 11.9 Å². The van der Waals surface area contributed by atoms with Crippen molar-refractivity contribution < 1.29 is 9.47 Å². The molecular weight excluding hydrogens is 194 g/mol. The predicted octanol–water partition coefficient (Wildman–Crippen LogP) is 0.281. The Morgan fingerprint density at radius 2 is 2.47 bits per heavy atom. The zero-order valence-electron chi connectivity index (χ0n) is 8.27. The molecule has 0 saturated carbocycles. The summed E-state index contributed by atoms with van der Waals surface area (Å²) in [4.78, 5) is 3.97. The van der Waals surface area contributed by atoms with Crippen molar-refractivity contribution in [2.24, 2.45) is 5.73 Å². The number of aromatic nitrogens is 1. The van der Waals surface area contributed by atoms with Gasteiger partial charge in [0.05, 0.1) is 19.8 Å². The minimum atomic E-state index is -0.0242. The molecule has 5 heteroatoms.